The van der Waals surface area contributed by atoms with Gasteiger partial charge in [-0.05, 0) is 33.6 Å². The van der Waals surface area contributed by atoms with Gasteiger partial charge in [0.2, 0.25) is 0 Å². The maximum atomic E-state index is 10.8. The van der Waals surface area contributed by atoms with Crippen LogP contribution in [0, 0.1) is 0 Å². The first kappa shape index (κ1) is 52.0. The molecule has 52 heavy (non-hydrogen) atoms. The lowest BCUT2D eigenvalue weighted by Gasteiger charge is -2.33. The summed E-state index contributed by atoms with van der Waals surface area (Å²) in [6.45, 7) is 14.0. The second-order valence-corrected chi connectivity index (χ2v) is 18.2. The van der Waals surface area contributed by atoms with E-state index in [1.54, 1.807) is 42.7 Å². The van der Waals surface area contributed by atoms with Gasteiger partial charge in [0.25, 0.3) is 0 Å². The van der Waals surface area contributed by atoms with E-state index >= 15 is 0 Å². The van der Waals surface area contributed by atoms with E-state index in [0.717, 1.165) is 13.1 Å². The largest absolute Gasteiger partial charge is 0.389 e. The topological polar surface area (TPSA) is 200 Å². The minimum Gasteiger partial charge on any atom is -0.389 e. The van der Waals surface area contributed by atoms with Crippen LogP contribution in [0.2, 0.25) is 0 Å². The van der Waals surface area contributed by atoms with Crippen molar-refractivity contribution in [3.63, 3.8) is 0 Å². The summed E-state index contributed by atoms with van der Waals surface area (Å²) in [6, 6.07) is 0. The molecule has 0 bridgehead atoms. The summed E-state index contributed by atoms with van der Waals surface area (Å²) in [5.41, 5.74) is 5.52. The highest BCUT2D eigenvalue weighted by Gasteiger charge is 2.23. The first-order valence-corrected chi connectivity index (χ1v) is 21.3. The van der Waals surface area contributed by atoms with Crippen LogP contribution >= 0.6 is 21.7 Å². The van der Waals surface area contributed by atoms with E-state index in [1.165, 1.54) is 0 Å². The molecule has 0 saturated heterocycles. The molecule has 0 fully saturated rings. The minimum atomic E-state index is -2.03. The van der Waals surface area contributed by atoms with Gasteiger partial charge in [-0.2, -0.15) is 0 Å². The van der Waals surface area contributed by atoms with E-state index in [1.807, 2.05) is 20.8 Å². The monoisotopic (exact) mass is 800 g/mol. The Morgan fingerprint density at radius 1 is 0.596 bits per heavy atom. The van der Waals surface area contributed by atoms with Gasteiger partial charge in [-0.3, -0.25) is 34.9 Å². The molecule has 0 aromatic rings. The van der Waals surface area contributed by atoms with Crippen LogP contribution < -0.4 is 16.4 Å². The van der Waals surface area contributed by atoms with Crippen LogP contribution in [0.5, 0.6) is 0 Å². The molecule has 0 spiro atoms. The van der Waals surface area contributed by atoms with Crippen molar-refractivity contribution >= 4 is 21.7 Å². The lowest BCUT2D eigenvalue weighted by molar-refractivity contribution is -0.0558. The van der Waals surface area contributed by atoms with Crippen molar-refractivity contribution in [2.45, 2.75) is 57.5 Å². The summed E-state index contributed by atoms with van der Waals surface area (Å²) in [5.74, 6) is 1.14. The molecule has 0 amide bonds. The number of nitrogens with two attached hydrogens (primary N) is 1. The summed E-state index contributed by atoms with van der Waals surface area (Å²) < 4.78 is 49.5. The van der Waals surface area contributed by atoms with Gasteiger partial charge < -0.3 is 45.9 Å². The number of ether oxygens (including phenoxy) is 3. The van der Waals surface area contributed by atoms with Gasteiger partial charge in [0.05, 0.1) is 108 Å². The van der Waals surface area contributed by atoms with Crippen molar-refractivity contribution in [1.29, 1.82) is 0 Å². The van der Waals surface area contributed by atoms with Crippen LogP contribution in [0.15, 0.2) is 0 Å². The molecule has 3 atom stereocenters. The van der Waals surface area contributed by atoms with Crippen LogP contribution in [-0.4, -0.2) is 208 Å². The Labute approximate surface area is 318 Å². The third-order valence-corrected chi connectivity index (χ3v) is 12.4. The Hall–Kier alpha value is 0.0200. The van der Waals surface area contributed by atoms with Crippen LogP contribution in [-0.2, 0) is 39.3 Å². The first-order chi connectivity index (χ1) is 24.8. The van der Waals surface area contributed by atoms with Crippen molar-refractivity contribution in [2.24, 2.45) is 5.73 Å². The summed E-state index contributed by atoms with van der Waals surface area (Å²) in [6.07, 6.45) is -0.605. The number of rotatable bonds is 37. The Morgan fingerprint density at radius 3 is 1.42 bits per heavy atom. The highest BCUT2D eigenvalue weighted by atomic mass is 32.3. The van der Waals surface area contributed by atoms with Gasteiger partial charge in [-0.15, -0.1) is 0 Å². The van der Waals surface area contributed by atoms with Gasteiger partial charge in [0, 0.05) is 96.7 Å². The first-order valence-electron chi connectivity index (χ1n) is 18.1. The molecule has 3 unspecified atom stereocenters. The zero-order valence-electron chi connectivity index (χ0n) is 33.7. The molecule has 0 saturated carbocycles. The molecule has 0 heterocycles. The number of hydrogen-bond acceptors (Lipinski definition) is 17. The third kappa shape index (κ3) is 26.0. The average Bonchev–Trinajstić information content (AvgIpc) is 3.12. The molecule has 0 aromatic carbocycles. The van der Waals surface area contributed by atoms with Crippen molar-refractivity contribution < 1.29 is 54.6 Å². The number of hydrogen-bond donors (Lipinski definition) is 6. The summed E-state index contributed by atoms with van der Waals surface area (Å²) in [4.78, 5) is 4.29. The van der Waals surface area contributed by atoms with Crippen molar-refractivity contribution in [3.05, 3.63) is 0 Å². The van der Waals surface area contributed by atoms with Crippen molar-refractivity contribution in [3.8, 4) is 0 Å². The number of aliphatic hydroxyl groups excluding tert-OH is 3. The van der Waals surface area contributed by atoms with Gasteiger partial charge >= 0.3 is 0 Å². The maximum absolute atomic E-state index is 10.8. The number of nitrogens with zero attached hydrogens (tertiary/aromatic N) is 2. The Balaban J connectivity index is 4.80. The van der Waals surface area contributed by atoms with Crippen molar-refractivity contribution in [1.82, 2.24) is 20.4 Å². The fourth-order valence-electron chi connectivity index (χ4n) is 5.01. The molecule has 0 rings (SSSR count). The molecular formula is C33H77N5O12S2. The standard InChI is InChI=1S/C33H77N5O12S2/c1-33(2,3)50-29-32(41)26-37(16-12-34)17-13-35-14-18-38(25-31(40)28-49-21-11-23-52(45-7,46-8)47-9)19-15-36-24-30(39)27-48-20-10-22-51(42-4,43-5)44-6/h30-32,35-36,39-41H,10-29,34H2,1-9H3. The average molecular weight is 800 g/mol. The SMILES string of the molecule is COS(CCCOCC(O)CNCCN(CCNCCN(CCN)CC(O)COC(C)(C)C)CC(O)COCCCS(OC)(OC)OC)(OC)OC. The van der Waals surface area contributed by atoms with Gasteiger partial charge in [0.1, 0.15) is 0 Å². The molecule has 0 aliphatic carbocycles. The molecule has 19 heteroatoms. The highest BCUT2D eigenvalue weighted by molar-refractivity contribution is 8.22. The van der Waals surface area contributed by atoms with Crippen LogP contribution in [0.25, 0.3) is 0 Å². The van der Waals surface area contributed by atoms with Crippen LogP contribution in [0.1, 0.15) is 33.6 Å². The maximum Gasteiger partial charge on any atom is 0.0900 e. The zero-order chi connectivity index (χ0) is 39.3. The van der Waals surface area contributed by atoms with Gasteiger partial charge in [-0.1, -0.05) is 0 Å². The van der Waals surface area contributed by atoms with E-state index in [2.05, 4.69) is 20.4 Å². The highest BCUT2D eigenvalue weighted by Crippen LogP contribution is 2.50. The quantitative estimate of drug-likeness (QED) is 0.0472. The zero-order valence-corrected chi connectivity index (χ0v) is 35.3. The molecule has 0 aliphatic rings. The molecular weight excluding hydrogens is 723 g/mol. The van der Waals surface area contributed by atoms with Crippen LogP contribution in [0.3, 0.4) is 0 Å². The fraction of sp³-hybridized carbons (Fsp3) is 1.00. The van der Waals surface area contributed by atoms with Crippen LogP contribution in [0.4, 0.5) is 0 Å². The number of nitrogens with one attached hydrogen (secondary N) is 2. The van der Waals surface area contributed by atoms with E-state index in [-0.39, 0.29) is 25.4 Å². The lowest BCUT2D eigenvalue weighted by atomic mass is 10.2. The Kier molecular flexibility index (Phi) is 31.2. The second-order valence-electron chi connectivity index (χ2n) is 13.1. The molecule has 0 radical (unpaired) electrons. The summed E-state index contributed by atoms with van der Waals surface area (Å²) >= 11 is 0. The predicted molar refractivity (Wildman–Crippen MR) is 209 cm³/mol. The summed E-state index contributed by atoms with van der Waals surface area (Å²) in [5, 5.41) is 38.4. The number of aliphatic hydroxyl groups is 3. The second kappa shape index (κ2) is 31.1. The Bertz CT molecular complexity index is 803. The molecule has 318 valence electrons. The van der Waals surface area contributed by atoms with E-state index in [0.29, 0.717) is 96.5 Å². The van der Waals surface area contributed by atoms with E-state index in [9.17, 15) is 15.3 Å². The molecule has 0 aliphatic heterocycles. The smallest absolute Gasteiger partial charge is 0.0900 e. The lowest BCUT2D eigenvalue weighted by Crippen LogP contribution is -2.45. The van der Waals surface area contributed by atoms with E-state index < -0.39 is 40.1 Å². The van der Waals surface area contributed by atoms with Crippen molar-refractivity contribution in [2.75, 3.05) is 159 Å². The summed E-state index contributed by atoms with van der Waals surface area (Å²) in [7, 11) is 5.32. The molecule has 0 aromatic heterocycles. The molecule has 17 nitrogen and oxygen atoms in total. The van der Waals surface area contributed by atoms with E-state index in [4.69, 9.17) is 45.0 Å². The fourth-order valence-corrected chi connectivity index (χ4v) is 7.76. The third-order valence-electron chi connectivity index (χ3n) is 7.80. The molecule has 7 N–H and O–H groups in total. The van der Waals surface area contributed by atoms with Gasteiger partial charge in [0.15, 0.2) is 0 Å². The Morgan fingerprint density at radius 2 is 1.00 bits per heavy atom. The van der Waals surface area contributed by atoms with Gasteiger partial charge in [-0.25, -0.2) is 0 Å². The predicted octanol–water partition coefficient (Wildman–Crippen LogP) is 0.417. The minimum absolute atomic E-state index is 0.194. The normalized spacial score (nSPS) is 15.4.